The summed E-state index contributed by atoms with van der Waals surface area (Å²) in [5.74, 6) is -0.567. The number of benzene rings is 1. The summed E-state index contributed by atoms with van der Waals surface area (Å²) < 4.78 is 1.49. The third-order valence-corrected chi connectivity index (χ3v) is 3.33. The van der Waals surface area contributed by atoms with Crippen molar-refractivity contribution in [2.75, 3.05) is 5.32 Å². The second-order valence-electron chi connectivity index (χ2n) is 4.77. The second kappa shape index (κ2) is 4.89. The highest BCUT2D eigenvalue weighted by Crippen LogP contribution is 2.16. The van der Waals surface area contributed by atoms with Crippen LogP contribution in [0.3, 0.4) is 0 Å². The number of rotatable bonds is 2. The van der Waals surface area contributed by atoms with Crippen molar-refractivity contribution in [2.45, 2.75) is 12.8 Å². The van der Waals surface area contributed by atoms with Crippen LogP contribution in [-0.4, -0.2) is 27.1 Å². The molecule has 0 saturated heterocycles. The maximum Gasteiger partial charge on any atom is 0.326 e. The van der Waals surface area contributed by atoms with Crippen LogP contribution in [0.1, 0.15) is 12.8 Å². The highest BCUT2D eigenvalue weighted by Gasteiger charge is 2.18. The molecule has 0 radical (unpaired) electrons. The number of nitrogens with zero attached hydrogens (tertiary/aromatic N) is 2. The number of anilines is 1. The molecule has 0 unspecified atom stereocenters. The van der Waals surface area contributed by atoms with E-state index in [0.717, 1.165) is 5.52 Å². The highest BCUT2D eigenvalue weighted by molar-refractivity contribution is 6.43. The Morgan fingerprint density at radius 1 is 1.33 bits per heavy atom. The zero-order chi connectivity index (χ0) is 15.0. The van der Waals surface area contributed by atoms with Crippen LogP contribution in [0, 0.1) is 0 Å². The lowest BCUT2D eigenvalue weighted by Crippen LogP contribution is -2.32. The summed E-state index contributed by atoms with van der Waals surface area (Å²) in [6, 6.07) is 5.12. The number of hydrogen-bond acceptors (Lipinski definition) is 4. The summed E-state index contributed by atoms with van der Waals surface area (Å²) in [7, 11) is 1.67. The molecular formula is C13H13N5O3. The van der Waals surface area contributed by atoms with E-state index in [0.29, 0.717) is 17.6 Å². The van der Waals surface area contributed by atoms with Gasteiger partial charge in [0.05, 0.1) is 11.0 Å². The molecule has 8 heteroatoms. The normalized spacial score (nSPS) is 14.7. The number of aromatic amines is 1. The van der Waals surface area contributed by atoms with Gasteiger partial charge in [0.2, 0.25) is 5.91 Å². The van der Waals surface area contributed by atoms with Gasteiger partial charge in [-0.3, -0.25) is 14.2 Å². The smallest absolute Gasteiger partial charge is 0.321 e. The first-order valence-corrected chi connectivity index (χ1v) is 6.40. The van der Waals surface area contributed by atoms with Gasteiger partial charge in [0.15, 0.2) is 0 Å². The summed E-state index contributed by atoms with van der Waals surface area (Å²) >= 11 is 0. The number of aryl methyl sites for hydroxylation is 1. The Labute approximate surface area is 118 Å². The lowest BCUT2D eigenvalue weighted by atomic mass is 10.1. The van der Waals surface area contributed by atoms with E-state index in [1.54, 1.807) is 25.2 Å². The van der Waals surface area contributed by atoms with Crippen LogP contribution in [0.15, 0.2) is 28.1 Å². The molecule has 8 nitrogen and oxygen atoms in total. The van der Waals surface area contributed by atoms with Crippen molar-refractivity contribution >= 4 is 34.2 Å². The summed E-state index contributed by atoms with van der Waals surface area (Å²) in [6.45, 7) is 0. The Morgan fingerprint density at radius 3 is 2.86 bits per heavy atom. The predicted molar refractivity (Wildman–Crippen MR) is 77.0 cm³/mol. The van der Waals surface area contributed by atoms with Crippen molar-refractivity contribution in [3.8, 4) is 0 Å². The molecule has 3 N–H and O–H groups in total. The molecule has 1 aromatic heterocycles. The van der Waals surface area contributed by atoms with Gasteiger partial charge in [0, 0.05) is 25.6 Å². The fourth-order valence-electron chi connectivity index (χ4n) is 2.16. The molecule has 2 amide bonds. The fraction of sp³-hybridized carbons (Fsp3) is 0.231. The maximum absolute atomic E-state index is 12.0. The Kier molecular flexibility index (Phi) is 3.05. The zero-order valence-corrected chi connectivity index (χ0v) is 11.3. The monoisotopic (exact) mass is 287 g/mol. The molecular weight excluding hydrogens is 274 g/mol. The van der Waals surface area contributed by atoms with Crippen LogP contribution in [0.25, 0.3) is 11.0 Å². The maximum atomic E-state index is 12.0. The number of aromatic nitrogens is 2. The Hall–Kier alpha value is -2.90. The lowest BCUT2D eigenvalue weighted by molar-refractivity contribution is -0.121. The van der Waals surface area contributed by atoms with Crippen molar-refractivity contribution in [1.82, 2.24) is 15.0 Å². The molecule has 1 aliphatic rings. The molecule has 2 aromatic rings. The molecule has 108 valence electrons. The Balaban J connectivity index is 1.83. The summed E-state index contributed by atoms with van der Waals surface area (Å²) in [5, 5.41) is 6.43. The third-order valence-electron chi connectivity index (χ3n) is 3.33. The molecule has 0 aliphatic carbocycles. The number of fused-ring (bicyclic) bond motifs is 1. The van der Waals surface area contributed by atoms with E-state index < -0.39 is 0 Å². The number of nitrogens with one attached hydrogen (secondary N) is 3. The van der Waals surface area contributed by atoms with Crippen LogP contribution < -0.4 is 16.4 Å². The highest BCUT2D eigenvalue weighted by atomic mass is 16.2. The van der Waals surface area contributed by atoms with Gasteiger partial charge in [-0.1, -0.05) is 0 Å². The SMILES string of the molecule is Cn1c(=O)[nH]c2cc(NC(=O)C3=NNC(=O)CC3)ccc21. The first kappa shape index (κ1) is 13.1. The average Bonchev–Trinajstić information content (AvgIpc) is 2.74. The van der Waals surface area contributed by atoms with Gasteiger partial charge in [-0.2, -0.15) is 5.10 Å². The molecule has 0 fully saturated rings. The number of H-pyrrole nitrogens is 1. The van der Waals surface area contributed by atoms with Crippen LogP contribution in [-0.2, 0) is 16.6 Å². The Bertz CT molecular complexity index is 830. The first-order valence-electron chi connectivity index (χ1n) is 6.40. The minimum absolute atomic E-state index is 0.199. The molecule has 1 aromatic carbocycles. The topological polar surface area (TPSA) is 108 Å². The van der Waals surface area contributed by atoms with Crippen molar-refractivity contribution in [2.24, 2.45) is 12.1 Å². The van der Waals surface area contributed by atoms with E-state index in [2.05, 4.69) is 20.8 Å². The fourth-order valence-corrected chi connectivity index (χ4v) is 2.16. The standard InChI is InChI=1S/C13H13N5O3/c1-18-10-4-2-7(6-9(10)15-13(18)21)14-12(20)8-3-5-11(19)17-16-8/h2,4,6H,3,5H2,1H3,(H,14,20)(H,15,21)(H,17,19). The summed E-state index contributed by atoms with van der Waals surface area (Å²) in [4.78, 5) is 37.2. The van der Waals surface area contributed by atoms with Gasteiger partial charge < -0.3 is 10.3 Å². The van der Waals surface area contributed by atoms with Crippen LogP contribution in [0.4, 0.5) is 5.69 Å². The second-order valence-corrected chi connectivity index (χ2v) is 4.77. The van der Waals surface area contributed by atoms with Crippen LogP contribution in [0.5, 0.6) is 0 Å². The van der Waals surface area contributed by atoms with Crippen molar-refractivity contribution in [3.05, 3.63) is 28.7 Å². The Morgan fingerprint density at radius 2 is 2.14 bits per heavy atom. The molecule has 3 rings (SSSR count). The molecule has 0 saturated carbocycles. The lowest BCUT2D eigenvalue weighted by Gasteiger charge is -2.12. The van der Waals surface area contributed by atoms with Crippen LogP contribution in [0.2, 0.25) is 0 Å². The predicted octanol–water partition coefficient (Wildman–Crippen LogP) is 0.0711. The average molecular weight is 287 g/mol. The summed E-state index contributed by atoms with van der Waals surface area (Å²) in [6.07, 6.45) is 0.555. The van der Waals surface area contributed by atoms with Gasteiger partial charge in [0.25, 0.3) is 5.91 Å². The molecule has 0 atom stereocenters. The number of amides is 2. The van der Waals surface area contributed by atoms with E-state index in [4.69, 9.17) is 0 Å². The number of hydrazone groups is 1. The van der Waals surface area contributed by atoms with Gasteiger partial charge in [-0.05, 0) is 18.2 Å². The third kappa shape index (κ3) is 2.42. The van der Waals surface area contributed by atoms with Crippen LogP contribution >= 0.6 is 0 Å². The van der Waals surface area contributed by atoms with E-state index in [1.165, 1.54) is 4.57 Å². The quantitative estimate of drug-likeness (QED) is 0.727. The molecule has 0 bridgehead atoms. The van der Waals surface area contributed by atoms with Gasteiger partial charge in [0.1, 0.15) is 5.71 Å². The minimum Gasteiger partial charge on any atom is -0.321 e. The molecule has 2 heterocycles. The van der Waals surface area contributed by atoms with E-state index >= 15 is 0 Å². The number of carbonyl (C=O) groups excluding carboxylic acids is 2. The van der Waals surface area contributed by atoms with E-state index in [-0.39, 0.29) is 29.6 Å². The van der Waals surface area contributed by atoms with E-state index in [9.17, 15) is 14.4 Å². The van der Waals surface area contributed by atoms with Crippen molar-refractivity contribution in [3.63, 3.8) is 0 Å². The number of hydrogen-bond donors (Lipinski definition) is 3. The van der Waals surface area contributed by atoms with E-state index in [1.807, 2.05) is 0 Å². The van der Waals surface area contributed by atoms with Crippen molar-refractivity contribution < 1.29 is 9.59 Å². The van der Waals surface area contributed by atoms with Gasteiger partial charge in [-0.15, -0.1) is 0 Å². The molecule has 1 aliphatic heterocycles. The largest absolute Gasteiger partial charge is 0.326 e. The first-order chi connectivity index (χ1) is 10.0. The molecule has 21 heavy (non-hydrogen) atoms. The minimum atomic E-state index is -0.368. The van der Waals surface area contributed by atoms with Gasteiger partial charge in [-0.25, -0.2) is 10.2 Å². The zero-order valence-electron chi connectivity index (χ0n) is 11.3. The molecule has 0 spiro atoms. The van der Waals surface area contributed by atoms with Crippen molar-refractivity contribution in [1.29, 1.82) is 0 Å². The number of carbonyl (C=O) groups is 2. The van der Waals surface area contributed by atoms with Gasteiger partial charge >= 0.3 is 5.69 Å². The number of imidazole rings is 1. The summed E-state index contributed by atoms with van der Waals surface area (Å²) in [5.41, 5.74) is 4.27.